The van der Waals surface area contributed by atoms with E-state index in [4.69, 9.17) is 4.42 Å². The minimum Gasteiger partial charge on any atom is -0.440 e. The van der Waals surface area contributed by atoms with Crippen molar-refractivity contribution in [1.82, 2.24) is 24.6 Å². The third kappa shape index (κ3) is 2.51. The molecule has 110 valence electrons. The van der Waals surface area contributed by atoms with Crippen molar-refractivity contribution in [3.8, 4) is 10.8 Å². The minimum absolute atomic E-state index is 0.598. The molecule has 4 aromatic rings. The van der Waals surface area contributed by atoms with Gasteiger partial charge in [0.15, 0.2) is 0 Å². The number of fused-ring (bicyclic) bond motifs is 1. The Morgan fingerprint density at radius 2 is 2.27 bits per heavy atom. The van der Waals surface area contributed by atoms with Gasteiger partial charge in [-0.05, 0) is 24.4 Å². The Labute approximate surface area is 134 Å². The van der Waals surface area contributed by atoms with Gasteiger partial charge in [0.2, 0.25) is 11.0 Å². The van der Waals surface area contributed by atoms with Crippen LogP contribution in [0.15, 0.2) is 45.5 Å². The summed E-state index contributed by atoms with van der Waals surface area (Å²) < 4.78 is 7.40. The molecule has 0 fully saturated rings. The zero-order valence-electron chi connectivity index (χ0n) is 11.6. The molecule has 0 aromatic carbocycles. The van der Waals surface area contributed by atoms with Crippen LogP contribution in [0.25, 0.3) is 16.5 Å². The van der Waals surface area contributed by atoms with Crippen LogP contribution in [0.1, 0.15) is 11.5 Å². The van der Waals surface area contributed by atoms with E-state index in [9.17, 15) is 0 Å². The predicted octanol–water partition coefficient (Wildman–Crippen LogP) is 3.44. The Morgan fingerprint density at radius 1 is 1.32 bits per heavy atom. The molecule has 0 amide bonds. The van der Waals surface area contributed by atoms with Gasteiger partial charge in [-0.1, -0.05) is 17.8 Å². The lowest BCUT2D eigenvalue weighted by Crippen LogP contribution is -1.87. The van der Waals surface area contributed by atoms with Crippen molar-refractivity contribution in [1.29, 1.82) is 0 Å². The average Bonchev–Trinajstić information content (AvgIpc) is 3.24. The Morgan fingerprint density at radius 3 is 3.09 bits per heavy atom. The van der Waals surface area contributed by atoms with Crippen LogP contribution in [0, 0.1) is 6.92 Å². The molecule has 4 heterocycles. The lowest BCUT2D eigenvalue weighted by Gasteiger charge is -1.92. The second-order valence-electron chi connectivity index (χ2n) is 4.55. The van der Waals surface area contributed by atoms with E-state index in [1.54, 1.807) is 22.0 Å². The van der Waals surface area contributed by atoms with Crippen LogP contribution in [0.4, 0.5) is 0 Å². The fourth-order valence-corrected chi connectivity index (χ4v) is 3.45. The third-order valence-electron chi connectivity index (χ3n) is 3.06. The molecular weight excluding hydrogens is 318 g/mol. The molecule has 0 aliphatic rings. The second kappa shape index (κ2) is 5.54. The number of hydrogen-bond donors (Lipinski definition) is 0. The number of aryl methyl sites for hydroxylation is 1. The molecule has 6 nitrogen and oxygen atoms in total. The van der Waals surface area contributed by atoms with Crippen LogP contribution in [-0.4, -0.2) is 24.6 Å². The van der Waals surface area contributed by atoms with Crippen molar-refractivity contribution in [2.45, 2.75) is 17.8 Å². The summed E-state index contributed by atoms with van der Waals surface area (Å²) >= 11 is 3.14. The van der Waals surface area contributed by atoms with Crippen molar-refractivity contribution >= 4 is 28.9 Å². The molecule has 4 aromatic heterocycles. The molecule has 22 heavy (non-hydrogen) atoms. The van der Waals surface area contributed by atoms with Crippen LogP contribution in [-0.2, 0) is 5.75 Å². The van der Waals surface area contributed by atoms with Crippen LogP contribution in [0.2, 0.25) is 0 Å². The fraction of sp³-hybridized carbons (Fsp3) is 0.143. The number of aromatic nitrogens is 5. The van der Waals surface area contributed by atoms with Gasteiger partial charge in [-0.25, -0.2) is 14.5 Å². The van der Waals surface area contributed by atoms with E-state index in [0.29, 0.717) is 22.6 Å². The Bertz CT molecular complexity index is 880. The third-order valence-corrected chi connectivity index (χ3v) is 4.77. The van der Waals surface area contributed by atoms with Crippen molar-refractivity contribution in [2.75, 3.05) is 0 Å². The Balaban J connectivity index is 1.54. The molecule has 4 rings (SSSR count). The maximum Gasteiger partial charge on any atom is 0.253 e. The van der Waals surface area contributed by atoms with E-state index in [1.807, 2.05) is 36.7 Å². The summed E-state index contributed by atoms with van der Waals surface area (Å²) in [6, 6.07) is 5.81. The molecule has 0 N–H and O–H groups in total. The van der Waals surface area contributed by atoms with Gasteiger partial charge in [0.05, 0.1) is 10.6 Å². The number of nitrogens with zero attached hydrogens (tertiary/aromatic N) is 5. The highest BCUT2D eigenvalue weighted by Gasteiger charge is 2.13. The molecule has 0 radical (unpaired) electrons. The minimum atomic E-state index is 0.598. The van der Waals surface area contributed by atoms with E-state index < -0.39 is 0 Å². The molecule has 0 atom stereocenters. The standard InChI is InChI=1S/C14H11N5OS2/c1-9-10(16-12(20-9)11-4-2-7-21-11)8-22-14-17-13-15-5-3-6-19(13)18-14/h2-7H,8H2,1H3. The van der Waals surface area contributed by atoms with Gasteiger partial charge >= 0.3 is 0 Å². The van der Waals surface area contributed by atoms with Crippen LogP contribution in [0.5, 0.6) is 0 Å². The van der Waals surface area contributed by atoms with E-state index in [0.717, 1.165) is 16.3 Å². The van der Waals surface area contributed by atoms with Crippen molar-refractivity contribution in [2.24, 2.45) is 0 Å². The van der Waals surface area contributed by atoms with E-state index in [2.05, 4.69) is 20.1 Å². The lowest BCUT2D eigenvalue weighted by atomic mass is 10.4. The highest BCUT2D eigenvalue weighted by atomic mass is 32.2. The second-order valence-corrected chi connectivity index (χ2v) is 6.44. The summed E-state index contributed by atoms with van der Waals surface area (Å²) in [5, 5.41) is 7.05. The summed E-state index contributed by atoms with van der Waals surface area (Å²) in [4.78, 5) is 14.1. The van der Waals surface area contributed by atoms with Crippen LogP contribution in [0.3, 0.4) is 0 Å². The summed E-state index contributed by atoms with van der Waals surface area (Å²) in [5.74, 6) is 2.77. The van der Waals surface area contributed by atoms with Gasteiger partial charge in [-0.15, -0.1) is 16.4 Å². The van der Waals surface area contributed by atoms with Crippen molar-refractivity contribution in [3.05, 3.63) is 47.4 Å². The SMILES string of the molecule is Cc1oc(-c2cccs2)nc1CSc1nc2ncccn2n1. The number of rotatable bonds is 4. The van der Waals surface area contributed by atoms with Gasteiger partial charge in [0, 0.05) is 18.1 Å². The molecule has 0 spiro atoms. The quantitative estimate of drug-likeness (QED) is 0.534. The summed E-state index contributed by atoms with van der Waals surface area (Å²) in [7, 11) is 0. The lowest BCUT2D eigenvalue weighted by molar-refractivity contribution is 0.542. The van der Waals surface area contributed by atoms with Gasteiger partial charge in [0.25, 0.3) is 5.78 Å². The number of oxazole rings is 1. The first kappa shape index (κ1) is 13.5. The molecule has 0 aliphatic carbocycles. The predicted molar refractivity (Wildman–Crippen MR) is 84.9 cm³/mol. The van der Waals surface area contributed by atoms with Crippen LogP contribution >= 0.6 is 23.1 Å². The number of thiophene rings is 1. The Kier molecular flexibility index (Phi) is 3.39. The molecular formula is C14H11N5OS2. The maximum absolute atomic E-state index is 5.73. The molecule has 0 unspecified atom stereocenters. The number of thioether (sulfide) groups is 1. The topological polar surface area (TPSA) is 69.1 Å². The smallest absolute Gasteiger partial charge is 0.253 e. The molecule has 0 bridgehead atoms. The molecule has 8 heteroatoms. The summed E-state index contributed by atoms with van der Waals surface area (Å²) in [6.45, 7) is 1.93. The van der Waals surface area contributed by atoms with Crippen LogP contribution < -0.4 is 0 Å². The molecule has 0 saturated carbocycles. The van der Waals surface area contributed by atoms with E-state index >= 15 is 0 Å². The fourth-order valence-electron chi connectivity index (χ4n) is 1.98. The normalized spacial score (nSPS) is 11.3. The van der Waals surface area contributed by atoms with Crippen molar-refractivity contribution < 1.29 is 4.42 Å². The average molecular weight is 329 g/mol. The highest BCUT2D eigenvalue weighted by Crippen LogP contribution is 2.28. The van der Waals surface area contributed by atoms with Gasteiger partial charge in [-0.2, -0.15) is 4.98 Å². The van der Waals surface area contributed by atoms with E-state index in [-0.39, 0.29) is 0 Å². The molecule has 0 aliphatic heterocycles. The van der Waals surface area contributed by atoms with Crippen molar-refractivity contribution in [3.63, 3.8) is 0 Å². The van der Waals surface area contributed by atoms with E-state index in [1.165, 1.54) is 11.8 Å². The zero-order chi connectivity index (χ0) is 14.9. The molecule has 0 saturated heterocycles. The largest absolute Gasteiger partial charge is 0.440 e. The Hall–Kier alpha value is -2.19. The first-order valence-electron chi connectivity index (χ1n) is 6.60. The highest BCUT2D eigenvalue weighted by molar-refractivity contribution is 7.98. The van der Waals surface area contributed by atoms with Gasteiger partial charge in [0.1, 0.15) is 5.76 Å². The number of hydrogen-bond acceptors (Lipinski definition) is 7. The first-order valence-corrected chi connectivity index (χ1v) is 8.46. The van der Waals surface area contributed by atoms with Gasteiger partial charge < -0.3 is 4.42 Å². The summed E-state index contributed by atoms with van der Waals surface area (Å²) in [5.41, 5.74) is 0.917. The van der Waals surface area contributed by atoms with Gasteiger partial charge in [-0.3, -0.25) is 0 Å². The maximum atomic E-state index is 5.73. The first-order chi connectivity index (χ1) is 10.8. The summed E-state index contributed by atoms with van der Waals surface area (Å²) in [6.07, 6.45) is 3.53. The monoisotopic (exact) mass is 329 g/mol. The zero-order valence-corrected chi connectivity index (χ0v) is 13.3.